The topological polar surface area (TPSA) is 44.4 Å². The van der Waals surface area contributed by atoms with Gasteiger partial charge in [-0.25, -0.2) is 0 Å². The number of amides is 1. The molecule has 0 aliphatic carbocycles. The molecule has 0 aromatic heterocycles. The van der Waals surface area contributed by atoms with Gasteiger partial charge >= 0.3 is 0 Å². The van der Waals surface area contributed by atoms with Crippen LogP contribution in [-0.4, -0.2) is 23.9 Å². The van der Waals surface area contributed by atoms with Crippen molar-refractivity contribution in [1.82, 2.24) is 4.90 Å². The van der Waals surface area contributed by atoms with Crippen molar-refractivity contribution >= 4 is 23.0 Å². The van der Waals surface area contributed by atoms with E-state index in [2.05, 4.69) is 27.7 Å². The second-order valence-electron chi connectivity index (χ2n) is 6.62. The van der Waals surface area contributed by atoms with Crippen LogP contribution < -0.4 is 10.6 Å². The van der Waals surface area contributed by atoms with Gasteiger partial charge < -0.3 is 15.5 Å². The van der Waals surface area contributed by atoms with Crippen LogP contribution in [0.15, 0.2) is 60.3 Å². The highest BCUT2D eigenvalue weighted by atomic mass is 16.2. The predicted molar refractivity (Wildman–Crippen MR) is 102 cm³/mol. The van der Waals surface area contributed by atoms with Crippen LogP contribution in [0.3, 0.4) is 0 Å². The van der Waals surface area contributed by atoms with Crippen LogP contribution in [0.1, 0.15) is 31.2 Å². The molecule has 1 fully saturated rings. The van der Waals surface area contributed by atoms with E-state index in [1.165, 1.54) is 12.8 Å². The summed E-state index contributed by atoms with van der Waals surface area (Å²) in [5, 5.41) is 6.62. The molecule has 4 nitrogen and oxygen atoms in total. The smallest absolute Gasteiger partial charge is 0.274 e. The largest absolute Gasteiger partial charge is 0.365 e. The number of benzene rings is 2. The number of anilines is 2. The van der Waals surface area contributed by atoms with Crippen molar-refractivity contribution in [2.24, 2.45) is 0 Å². The normalized spacial score (nSPS) is 17.9. The van der Waals surface area contributed by atoms with Gasteiger partial charge in [0.1, 0.15) is 5.70 Å². The molecule has 2 aromatic rings. The Hall–Kier alpha value is -2.75. The summed E-state index contributed by atoms with van der Waals surface area (Å²) in [5.74, 6) is -0.0294. The molecule has 0 radical (unpaired) electrons. The summed E-state index contributed by atoms with van der Waals surface area (Å²) in [6, 6.07) is 18.0. The molecule has 2 aliphatic rings. The Bertz CT molecular complexity index is 790. The number of para-hydroxylation sites is 2. The van der Waals surface area contributed by atoms with E-state index in [-0.39, 0.29) is 5.91 Å². The number of likely N-dealkylation sites (tertiary alicyclic amines) is 1. The lowest BCUT2D eigenvalue weighted by atomic mass is 10.1. The number of hydrogen-bond acceptors (Lipinski definition) is 3. The molecule has 1 saturated heterocycles. The average molecular weight is 333 g/mol. The minimum Gasteiger partial charge on any atom is -0.365 e. The third kappa shape index (κ3) is 3.25. The van der Waals surface area contributed by atoms with Crippen molar-refractivity contribution in [1.29, 1.82) is 0 Å². The Balaban J connectivity index is 1.84. The summed E-state index contributed by atoms with van der Waals surface area (Å²) in [6.45, 7) is 1.86. The zero-order valence-electron chi connectivity index (χ0n) is 14.3. The zero-order valence-corrected chi connectivity index (χ0v) is 14.3. The number of nitrogens with zero attached hydrogens (tertiary/aromatic N) is 1. The van der Waals surface area contributed by atoms with Crippen LogP contribution in [0.4, 0.5) is 11.4 Å². The minimum absolute atomic E-state index is 0.0294. The van der Waals surface area contributed by atoms with Gasteiger partial charge in [0.15, 0.2) is 0 Å². The number of hydrogen-bond donors (Lipinski definition) is 2. The molecule has 2 N–H and O–H groups in total. The van der Waals surface area contributed by atoms with Gasteiger partial charge in [-0.3, -0.25) is 4.79 Å². The number of nitrogens with one attached hydrogen (secondary N) is 2. The van der Waals surface area contributed by atoms with Gasteiger partial charge in [0.05, 0.1) is 17.1 Å². The van der Waals surface area contributed by atoms with E-state index in [4.69, 9.17) is 0 Å². The number of carbonyl (C=O) groups is 1. The highest BCUT2D eigenvalue weighted by Crippen LogP contribution is 2.33. The molecule has 2 aliphatic heterocycles. The fourth-order valence-electron chi connectivity index (χ4n) is 3.60. The fourth-order valence-corrected chi connectivity index (χ4v) is 3.60. The van der Waals surface area contributed by atoms with Gasteiger partial charge in [-0.15, -0.1) is 0 Å². The Labute approximate surface area is 148 Å². The molecule has 0 unspecified atom stereocenters. The summed E-state index contributed by atoms with van der Waals surface area (Å²) < 4.78 is 0. The van der Waals surface area contributed by atoms with Crippen LogP contribution >= 0.6 is 0 Å². The lowest BCUT2D eigenvalue weighted by Crippen LogP contribution is -2.32. The molecule has 2 heterocycles. The van der Waals surface area contributed by atoms with Gasteiger partial charge in [0.25, 0.3) is 5.91 Å². The monoisotopic (exact) mass is 333 g/mol. The maximum atomic E-state index is 13.1. The summed E-state index contributed by atoms with van der Waals surface area (Å²) in [5.41, 5.74) is 4.44. The van der Waals surface area contributed by atoms with E-state index in [0.29, 0.717) is 0 Å². The van der Waals surface area contributed by atoms with E-state index in [0.717, 1.165) is 54.3 Å². The van der Waals surface area contributed by atoms with E-state index in [1.807, 2.05) is 42.5 Å². The first kappa shape index (κ1) is 15.8. The third-order valence-electron chi connectivity index (χ3n) is 4.87. The lowest BCUT2D eigenvalue weighted by Gasteiger charge is -2.26. The molecule has 2 aromatic carbocycles. The first-order valence-corrected chi connectivity index (χ1v) is 9.05. The molecule has 25 heavy (non-hydrogen) atoms. The zero-order chi connectivity index (χ0) is 17.1. The Kier molecular flexibility index (Phi) is 4.42. The van der Waals surface area contributed by atoms with E-state index < -0.39 is 0 Å². The molecule has 4 rings (SSSR count). The van der Waals surface area contributed by atoms with Gasteiger partial charge in [0, 0.05) is 18.7 Å². The minimum atomic E-state index is -0.0294. The van der Waals surface area contributed by atoms with Gasteiger partial charge in [-0.05, 0) is 25.0 Å². The standard InChI is InChI=1S/C21H23N3O/c25-21-20(24-14-8-1-2-9-15-24)19(16-10-4-3-5-11-16)22-17-12-6-7-13-18(17)23-21/h3-7,10-13,22H,1-2,8-9,14-15H2,(H,23,25). The summed E-state index contributed by atoms with van der Waals surface area (Å²) in [4.78, 5) is 15.4. The first-order valence-electron chi connectivity index (χ1n) is 9.05. The maximum Gasteiger partial charge on any atom is 0.274 e. The summed E-state index contributed by atoms with van der Waals surface area (Å²) >= 11 is 0. The average Bonchev–Trinajstić information content (AvgIpc) is 2.99. The van der Waals surface area contributed by atoms with Crippen LogP contribution in [0.2, 0.25) is 0 Å². The Morgan fingerprint density at radius 1 is 0.720 bits per heavy atom. The first-order chi connectivity index (χ1) is 12.3. The SMILES string of the molecule is O=C1Nc2ccccc2NC(c2ccccc2)=C1N1CCCCCC1. The second-order valence-corrected chi connectivity index (χ2v) is 6.62. The molecule has 0 spiro atoms. The molecule has 1 amide bonds. The molecular weight excluding hydrogens is 310 g/mol. The quantitative estimate of drug-likeness (QED) is 0.861. The van der Waals surface area contributed by atoms with Crippen molar-refractivity contribution in [3.63, 3.8) is 0 Å². The lowest BCUT2D eigenvalue weighted by molar-refractivity contribution is -0.114. The molecule has 0 atom stereocenters. The summed E-state index contributed by atoms with van der Waals surface area (Å²) in [7, 11) is 0. The molecule has 128 valence electrons. The van der Waals surface area contributed by atoms with Gasteiger partial charge in [0.2, 0.25) is 0 Å². The molecule has 0 saturated carbocycles. The highest BCUT2D eigenvalue weighted by Gasteiger charge is 2.27. The predicted octanol–water partition coefficient (Wildman–Crippen LogP) is 4.30. The van der Waals surface area contributed by atoms with Crippen molar-refractivity contribution in [3.05, 3.63) is 65.9 Å². The van der Waals surface area contributed by atoms with Gasteiger partial charge in [-0.1, -0.05) is 55.3 Å². The van der Waals surface area contributed by atoms with Crippen molar-refractivity contribution < 1.29 is 4.79 Å². The fraction of sp³-hybridized carbons (Fsp3) is 0.286. The van der Waals surface area contributed by atoms with Crippen LogP contribution in [-0.2, 0) is 4.79 Å². The van der Waals surface area contributed by atoms with Crippen molar-refractivity contribution in [2.75, 3.05) is 23.7 Å². The third-order valence-corrected chi connectivity index (χ3v) is 4.87. The Morgan fingerprint density at radius 2 is 1.32 bits per heavy atom. The number of carbonyl (C=O) groups excluding carboxylic acids is 1. The van der Waals surface area contributed by atoms with Crippen molar-refractivity contribution in [3.8, 4) is 0 Å². The molecular formula is C21H23N3O. The van der Waals surface area contributed by atoms with Crippen LogP contribution in [0.25, 0.3) is 5.70 Å². The molecule has 4 heteroatoms. The van der Waals surface area contributed by atoms with Gasteiger partial charge in [-0.2, -0.15) is 0 Å². The Morgan fingerprint density at radius 3 is 2.00 bits per heavy atom. The van der Waals surface area contributed by atoms with E-state index in [9.17, 15) is 4.79 Å². The van der Waals surface area contributed by atoms with Crippen molar-refractivity contribution in [2.45, 2.75) is 25.7 Å². The number of rotatable bonds is 2. The van der Waals surface area contributed by atoms with Crippen LogP contribution in [0, 0.1) is 0 Å². The van der Waals surface area contributed by atoms with E-state index >= 15 is 0 Å². The van der Waals surface area contributed by atoms with Crippen LogP contribution in [0.5, 0.6) is 0 Å². The summed E-state index contributed by atoms with van der Waals surface area (Å²) in [6.07, 6.45) is 4.73. The van der Waals surface area contributed by atoms with E-state index in [1.54, 1.807) is 0 Å². The molecule has 0 bridgehead atoms. The highest BCUT2D eigenvalue weighted by molar-refractivity contribution is 6.13. The second kappa shape index (κ2) is 7.01. The number of fused-ring (bicyclic) bond motifs is 1. The maximum absolute atomic E-state index is 13.1.